The summed E-state index contributed by atoms with van der Waals surface area (Å²) in [6.07, 6.45) is 6.77. The average molecular weight is 294 g/mol. The van der Waals surface area contributed by atoms with E-state index in [1.54, 1.807) is 11.3 Å². The summed E-state index contributed by atoms with van der Waals surface area (Å²) in [7, 11) is 0. The minimum absolute atomic E-state index is 0.0116. The van der Waals surface area contributed by atoms with E-state index in [-0.39, 0.29) is 12.0 Å². The first-order valence-electron chi connectivity index (χ1n) is 7.88. The molecule has 20 heavy (non-hydrogen) atoms. The summed E-state index contributed by atoms with van der Waals surface area (Å²) in [6, 6.07) is 0.703. The monoisotopic (exact) mass is 294 g/mol. The van der Waals surface area contributed by atoms with Gasteiger partial charge < -0.3 is 10.0 Å². The number of hydrogen-bond donors (Lipinski definition) is 1. The number of aliphatic hydroxyl groups is 1. The molecular formula is C16H26N2OS. The van der Waals surface area contributed by atoms with Gasteiger partial charge in [0.2, 0.25) is 0 Å². The fourth-order valence-electron chi connectivity index (χ4n) is 3.85. The molecule has 0 bridgehead atoms. The Morgan fingerprint density at radius 3 is 2.65 bits per heavy atom. The Balaban J connectivity index is 1.92. The second-order valence-corrected chi connectivity index (χ2v) is 8.33. The standard InChI is InChI=1S/C16H26N2OS/c1-16(2,3)14-13(10-19)20-15(17-14)18-9-5-7-11-6-4-8-12(11)18/h11-12,19H,4-10H2,1-3H3. The van der Waals surface area contributed by atoms with Gasteiger partial charge >= 0.3 is 0 Å². The van der Waals surface area contributed by atoms with Gasteiger partial charge in [0.05, 0.1) is 17.2 Å². The molecule has 0 spiro atoms. The maximum atomic E-state index is 9.63. The molecule has 2 fully saturated rings. The number of nitrogens with zero attached hydrogens (tertiary/aromatic N) is 2. The SMILES string of the molecule is CC(C)(C)c1nc(N2CCCC3CCCC32)sc1CO. The molecule has 1 saturated carbocycles. The summed E-state index contributed by atoms with van der Waals surface area (Å²) in [5.41, 5.74) is 1.10. The van der Waals surface area contributed by atoms with Crippen molar-refractivity contribution >= 4 is 16.5 Å². The fraction of sp³-hybridized carbons (Fsp3) is 0.812. The molecule has 0 radical (unpaired) electrons. The summed E-state index contributed by atoms with van der Waals surface area (Å²) in [4.78, 5) is 8.51. The summed E-state index contributed by atoms with van der Waals surface area (Å²) >= 11 is 1.71. The number of thiazole rings is 1. The van der Waals surface area contributed by atoms with Gasteiger partial charge in [0.25, 0.3) is 0 Å². The molecule has 112 valence electrons. The maximum Gasteiger partial charge on any atom is 0.186 e. The zero-order valence-corrected chi connectivity index (χ0v) is 13.7. The van der Waals surface area contributed by atoms with Crippen LogP contribution in [0.4, 0.5) is 5.13 Å². The van der Waals surface area contributed by atoms with Crippen LogP contribution in [0.3, 0.4) is 0 Å². The van der Waals surface area contributed by atoms with E-state index in [0.29, 0.717) is 6.04 Å². The molecule has 1 aromatic heterocycles. The molecule has 1 aliphatic carbocycles. The fourth-order valence-corrected chi connectivity index (χ4v) is 5.06. The van der Waals surface area contributed by atoms with Crippen molar-refractivity contribution in [2.45, 2.75) is 70.9 Å². The number of aromatic nitrogens is 1. The van der Waals surface area contributed by atoms with Crippen molar-refractivity contribution in [1.29, 1.82) is 0 Å². The van der Waals surface area contributed by atoms with Crippen molar-refractivity contribution in [2.24, 2.45) is 5.92 Å². The van der Waals surface area contributed by atoms with Gasteiger partial charge in [-0.2, -0.15) is 0 Å². The Morgan fingerprint density at radius 2 is 2.00 bits per heavy atom. The predicted octanol–water partition coefficient (Wildman–Crippen LogP) is 3.70. The minimum Gasteiger partial charge on any atom is -0.391 e. The van der Waals surface area contributed by atoms with Crippen molar-refractivity contribution in [3.05, 3.63) is 10.6 Å². The van der Waals surface area contributed by atoms with E-state index in [0.717, 1.165) is 28.2 Å². The number of piperidine rings is 1. The molecule has 4 heteroatoms. The van der Waals surface area contributed by atoms with Crippen LogP contribution in [-0.2, 0) is 12.0 Å². The molecule has 0 aromatic carbocycles. The van der Waals surface area contributed by atoms with Crippen LogP contribution in [0.2, 0.25) is 0 Å². The van der Waals surface area contributed by atoms with Crippen LogP contribution >= 0.6 is 11.3 Å². The van der Waals surface area contributed by atoms with Crippen LogP contribution < -0.4 is 4.90 Å². The highest BCUT2D eigenvalue weighted by Crippen LogP contribution is 2.42. The van der Waals surface area contributed by atoms with Crippen LogP contribution in [0, 0.1) is 5.92 Å². The zero-order chi connectivity index (χ0) is 14.3. The second-order valence-electron chi connectivity index (χ2n) is 7.27. The van der Waals surface area contributed by atoms with E-state index >= 15 is 0 Å². The van der Waals surface area contributed by atoms with E-state index in [1.807, 2.05) is 0 Å². The predicted molar refractivity (Wildman–Crippen MR) is 84.4 cm³/mol. The lowest BCUT2D eigenvalue weighted by Crippen LogP contribution is -2.42. The number of aliphatic hydroxyl groups excluding tert-OH is 1. The quantitative estimate of drug-likeness (QED) is 0.903. The topological polar surface area (TPSA) is 36.4 Å². The molecular weight excluding hydrogens is 268 g/mol. The first-order chi connectivity index (χ1) is 9.50. The lowest BCUT2D eigenvalue weighted by atomic mass is 9.91. The number of anilines is 1. The van der Waals surface area contributed by atoms with Gasteiger partial charge in [-0.25, -0.2) is 4.98 Å². The highest BCUT2D eigenvalue weighted by atomic mass is 32.1. The maximum absolute atomic E-state index is 9.63. The largest absolute Gasteiger partial charge is 0.391 e. The smallest absolute Gasteiger partial charge is 0.186 e. The lowest BCUT2D eigenvalue weighted by Gasteiger charge is -2.37. The first-order valence-corrected chi connectivity index (χ1v) is 8.70. The molecule has 2 aliphatic rings. The Morgan fingerprint density at radius 1 is 1.25 bits per heavy atom. The summed E-state index contributed by atoms with van der Waals surface area (Å²) in [6.45, 7) is 7.80. The van der Waals surface area contributed by atoms with Crippen LogP contribution in [0.15, 0.2) is 0 Å². The second kappa shape index (κ2) is 5.30. The van der Waals surface area contributed by atoms with E-state index in [2.05, 4.69) is 25.7 Å². The number of fused-ring (bicyclic) bond motifs is 1. The molecule has 3 rings (SSSR count). The van der Waals surface area contributed by atoms with Gasteiger partial charge in [-0.3, -0.25) is 0 Å². The third-order valence-electron chi connectivity index (χ3n) is 4.78. The van der Waals surface area contributed by atoms with E-state index in [1.165, 1.54) is 32.1 Å². The Hall–Kier alpha value is -0.610. The molecule has 2 heterocycles. The van der Waals surface area contributed by atoms with E-state index in [4.69, 9.17) is 4.98 Å². The Labute approximate surface area is 126 Å². The molecule has 1 saturated heterocycles. The highest BCUT2D eigenvalue weighted by molar-refractivity contribution is 7.15. The molecule has 1 aliphatic heterocycles. The van der Waals surface area contributed by atoms with Crippen molar-refractivity contribution < 1.29 is 5.11 Å². The van der Waals surface area contributed by atoms with Crippen LogP contribution in [0.1, 0.15) is 63.4 Å². The molecule has 3 nitrogen and oxygen atoms in total. The van der Waals surface area contributed by atoms with Gasteiger partial charge in [0.1, 0.15) is 0 Å². The molecule has 2 unspecified atom stereocenters. The van der Waals surface area contributed by atoms with Gasteiger partial charge in [-0.05, 0) is 31.6 Å². The van der Waals surface area contributed by atoms with E-state index in [9.17, 15) is 5.11 Å². The zero-order valence-electron chi connectivity index (χ0n) is 12.9. The Kier molecular flexibility index (Phi) is 3.80. The number of hydrogen-bond acceptors (Lipinski definition) is 4. The first kappa shape index (κ1) is 14.3. The van der Waals surface area contributed by atoms with E-state index < -0.39 is 0 Å². The third-order valence-corrected chi connectivity index (χ3v) is 5.86. The van der Waals surface area contributed by atoms with Crippen molar-refractivity contribution in [3.8, 4) is 0 Å². The number of rotatable bonds is 2. The van der Waals surface area contributed by atoms with Crippen LogP contribution in [0.5, 0.6) is 0 Å². The molecule has 0 amide bonds. The van der Waals surface area contributed by atoms with Crippen molar-refractivity contribution in [3.63, 3.8) is 0 Å². The minimum atomic E-state index is 0.0116. The molecule has 2 atom stereocenters. The molecule has 1 N–H and O–H groups in total. The summed E-state index contributed by atoms with van der Waals surface area (Å²) in [5, 5.41) is 10.8. The van der Waals surface area contributed by atoms with Crippen LogP contribution in [-0.4, -0.2) is 22.7 Å². The summed E-state index contributed by atoms with van der Waals surface area (Å²) in [5.74, 6) is 0.878. The van der Waals surface area contributed by atoms with Gasteiger partial charge in [0.15, 0.2) is 5.13 Å². The highest BCUT2D eigenvalue weighted by Gasteiger charge is 2.37. The normalized spacial score (nSPS) is 26.9. The average Bonchev–Trinajstić information content (AvgIpc) is 3.03. The van der Waals surface area contributed by atoms with Crippen molar-refractivity contribution in [1.82, 2.24) is 4.98 Å². The third kappa shape index (κ3) is 2.48. The summed E-state index contributed by atoms with van der Waals surface area (Å²) < 4.78 is 0. The van der Waals surface area contributed by atoms with Crippen molar-refractivity contribution in [2.75, 3.05) is 11.4 Å². The lowest BCUT2D eigenvalue weighted by molar-refractivity contribution is 0.282. The van der Waals surface area contributed by atoms with Gasteiger partial charge in [-0.1, -0.05) is 38.5 Å². The van der Waals surface area contributed by atoms with Gasteiger partial charge in [0, 0.05) is 18.0 Å². The Bertz CT molecular complexity index is 477. The van der Waals surface area contributed by atoms with Crippen LogP contribution in [0.25, 0.3) is 0 Å². The van der Waals surface area contributed by atoms with Gasteiger partial charge in [-0.15, -0.1) is 0 Å². The molecule has 1 aromatic rings.